The summed E-state index contributed by atoms with van der Waals surface area (Å²) in [6.07, 6.45) is 1.89. The van der Waals surface area contributed by atoms with Crippen LogP contribution in [0.5, 0.6) is 0 Å². The predicted molar refractivity (Wildman–Crippen MR) is 114 cm³/mol. The summed E-state index contributed by atoms with van der Waals surface area (Å²) in [5.41, 5.74) is 3.10. The van der Waals surface area contributed by atoms with E-state index in [0.29, 0.717) is 12.1 Å². The Morgan fingerprint density at radius 3 is 2.31 bits per heavy atom. The number of nitrogens with one attached hydrogen (secondary N) is 1. The van der Waals surface area contributed by atoms with Crippen LogP contribution in [0.1, 0.15) is 42.6 Å². The molecule has 3 rings (SSSR count). The molecule has 5 nitrogen and oxygen atoms in total. The minimum absolute atomic E-state index is 0.0488. The Balaban J connectivity index is 1.87. The van der Waals surface area contributed by atoms with Crippen LogP contribution in [0.25, 0.3) is 0 Å². The summed E-state index contributed by atoms with van der Waals surface area (Å²) in [5.74, 6) is -0.348. The van der Waals surface area contributed by atoms with E-state index >= 15 is 0 Å². The average molecular weight is 397 g/mol. The van der Waals surface area contributed by atoms with Crippen LogP contribution in [0.15, 0.2) is 42.5 Å². The predicted octanol–water partition coefficient (Wildman–Crippen LogP) is 4.29. The maximum Gasteiger partial charge on any atom is 0.254 e. The van der Waals surface area contributed by atoms with Crippen LogP contribution in [0, 0.1) is 11.7 Å². The first kappa shape index (κ1) is 20.8. The second-order valence-corrected chi connectivity index (χ2v) is 8.04. The van der Waals surface area contributed by atoms with Crippen molar-refractivity contribution >= 4 is 23.2 Å². The first-order chi connectivity index (χ1) is 13.8. The molecule has 0 spiro atoms. The van der Waals surface area contributed by atoms with Crippen LogP contribution in [-0.2, 0) is 11.3 Å². The lowest BCUT2D eigenvalue weighted by Gasteiger charge is -2.29. The first-order valence-electron chi connectivity index (χ1n) is 9.94. The Labute approximate surface area is 171 Å². The van der Waals surface area contributed by atoms with E-state index in [1.165, 1.54) is 24.3 Å². The normalized spacial score (nSPS) is 13.3. The summed E-state index contributed by atoms with van der Waals surface area (Å²) in [6, 6.07) is 11.3. The molecule has 2 aromatic rings. The molecular weight excluding hydrogens is 369 g/mol. The minimum Gasteiger partial charge on any atom is -0.377 e. The summed E-state index contributed by atoms with van der Waals surface area (Å²) in [6.45, 7) is 4.29. The van der Waals surface area contributed by atoms with Gasteiger partial charge in [-0.2, -0.15) is 0 Å². The molecule has 29 heavy (non-hydrogen) atoms. The topological polar surface area (TPSA) is 52.7 Å². The van der Waals surface area contributed by atoms with E-state index in [4.69, 9.17) is 0 Å². The zero-order chi connectivity index (χ0) is 21.1. The number of carbonyl (C=O) groups is 2. The fourth-order valence-corrected chi connectivity index (χ4v) is 3.25. The van der Waals surface area contributed by atoms with Crippen LogP contribution in [0.4, 0.5) is 15.8 Å². The number of anilines is 2. The highest BCUT2D eigenvalue weighted by Gasteiger charge is 2.29. The number of rotatable bonds is 7. The molecule has 0 heterocycles. The fraction of sp³-hybridized carbons (Fsp3) is 0.391. The van der Waals surface area contributed by atoms with E-state index in [-0.39, 0.29) is 29.6 Å². The van der Waals surface area contributed by atoms with E-state index < -0.39 is 0 Å². The molecule has 1 aliphatic rings. The van der Waals surface area contributed by atoms with Gasteiger partial charge in [0.05, 0.1) is 0 Å². The van der Waals surface area contributed by atoms with Gasteiger partial charge in [-0.05, 0) is 74.7 Å². The van der Waals surface area contributed by atoms with Gasteiger partial charge in [-0.3, -0.25) is 9.59 Å². The van der Waals surface area contributed by atoms with Crippen molar-refractivity contribution in [1.82, 2.24) is 4.90 Å². The van der Waals surface area contributed by atoms with Crippen molar-refractivity contribution in [2.75, 3.05) is 24.3 Å². The third-order valence-corrected chi connectivity index (χ3v) is 5.09. The van der Waals surface area contributed by atoms with E-state index in [2.05, 4.69) is 5.32 Å². The monoisotopic (exact) mass is 397 g/mol. The van der Waals surface area contributed by atoms with Gasteiger partial charge in [-0.15, -0.1) is 0 Å². The highest BCUT2D eigenvalue weighted by molar-refractivity contribution is 5.95. The summed E-state index contributed by atoms with van der Waals surface area (Å²) >= 11 is 0. The number of hydrogen-bond donors (Lipinski definition) is 1. The lowest BCUT2D eigenvalue weighted by atomic mass is 10.1. The number of benzene rings is 2. The molecule has 0 atom stereocenters. The highest BCUT2D eigenvalue weighted by atomic mass is 19.1. The van der Waals surface area contributed by atoms with Crippen LogP contribution in [-0.4, -0.2) is 36.9 Å². The van der Waals surface area contributed by atoms with E-state index in [1.807, 2.05) is 51.0 Å². The molecule has 0 saturated heterocycles. The molecule has 6 heteroatoms. The minimum atomic E-state index is -0.369. The summed E-state index contributed by atoms with van der Waals surface area (Å²) in [7, 11) is 3.89. The van der Waals surface area contributed by atoms with Crippen molar-refractivity contribution in [2.24, 2.45) is 5.92 Å². The Morgan fingerprint density at radius 1 is 1.10 bits per heavy atom. The molecule has 0 radical (unpaired) electrons. The Kier molecular flexibility index (Phi) is 6.20. The number of halogens is 1. The molecule has 1 saturated carbocycles. The van der Waals surface area contributed by atoms with Gasteiger partial charge in [0.25, 0.3) is 5.91 Å². The molecule has 0 aliphatic heterocycles. The van der Waals surface area contributed by atoms with Crippen molar-refractivity contribution in [3.63, 3.8) is 0 Å². The maximum atomic E-state index is 13.2. The Bertz CT molecular complexity index is 889. The fourth-order valence-electron chi connectivity index (χ4n) is 3.25. The molecular formula is C23H28FN3O2. The van der Waals surface area contributed by atoms with Crippen LogP contribution in [0.2, 0.25) is 0 Å². The second-order valence-electron chi connectivity index (χ2n) is 8.04. The Hall–Kier alpha value is -2.89. The molecule has 0 bridgehead atoms. The van der Waals surface area contributed by atoms with Crippen LogP contribution < -0.4 is 10.2 Å². The first-order valence-corrected chi connectivity index (χ1v) is 9.94. The van der Waals surface area contributed by atoms with Gasteiger partial charge in [0.1, 0.15) is 5.82 Å². The lowest BCUT2D eigenvalue weighted by Crippen LogP contribution is -2.36. The molecule has 1 fully saturated rings. The molecule has 0 unspecified atom stereocenters. The van der Waals surface area contributed by atoms with Gasteiger partial charge in [-0.1, -0.05) is 0 Å². The lowest BCUT2D eigenvalue weighted by molar-refractivity contribution is -0.117. The number of hydrogen-bond acceptors (Lipinski definition) is 3. The SMILES string of the molecule is CC(C)N(Cc1cc(NC(=O)C2CC2)ccc1N(C)C)C(=O)c1ccc(F)cc1. The number of carbonyl (C=O) groups excluding carboxylic acids is 2. The van der Waals surface area contributed by atoms with Crippen molar-refractivity contribution in [2.45, 2.75) is 39.3 Å². The van der Waals surface area contributed by atoms with E-state index in [1.54, 1.807) is 4.90 Å². The molecule has 2 aromatic carbocycles. The standard InChI is InChI=1S/C23H28FN3O2/c1-15(2)27(23(29)17-7-9-19(24)10-8-17)14-18-13-20(11-12-21(18)26(3)4)25-22(28)16-5-6-16/h7-13,15-16H,5-6,14H2,1-4H3,(H,25,28). The van der Waals surface area contributed by atoms with E-state index in [9.17, 15) is 14.0 Å². The zero-order valence-electron chi connectivity index (χ0n) is 17.4. The zero-order valence-corrected chi connectivity index (χ0v) is 17.4. The van der Waals surface area contributed by atoms with Crippen LogP contribution >= 0.6 is 0 Å². The largest absolute Gasteiger partial charge is 0.377 e. The van der Waals surface area contributed by atoms with E-state index in [0.717, 1.165) is 29.8 Å². The third kappa shape index (κ3) is 5.13. The van der Waals surface area contributed by atoms with Gasteiger partial charge in [0.2, 0.25) is 5.91 Å². The summed E-state index contributed by atoms with van der Waals surface area (Å²) in [5, 5.41) is 2.98. The van der Waals surface area contributed by atoms with Crippen molar-refractivity contribution < 1.29 is 14.0 Å². The molecule has 0 aromatic heterocycles. The van der Waals surface area contributed by atoms with Crippen molar-refractivity contribution in [3.8, 4) is 0 Å². The average Bonchev–Trinajstić information content (AvgIpc) is 3.51. The third-order valence-electron chi connectivity index (χ3n) is 5.09. The van der Waals surface area contributed by atoms with Gasteiger partial charge >= 0.3 is 0 Å². The smallest absolute Gasteiger partial charge is 0.254 e. The molecule has 2 amide bonds. The second kappa shape index (κ2) is 8.64. The number of nitrogens with zero attached hydrogens (tertiary/aromatic N) is 2. The highest BCUT2D eigenvalue weighted by Crippen LogP contribution is 2.31. The maximum absolute atomic E-state index is 13.2. The summed E-state index contributed by atoms with van der Waals surface area (Å²) < 4.78 is 13.2. The number of amides is 2. The van der Waals surface area contributed by atoms with Gasteiger partial charge < -0.3 is 15.1 Å². The van der Waals surface area contributed by atoms with Gasteiger partial charge in [0.15, 0.2) is 0 Å². The van der Waals surface area contributed by atoms with Gasteiger partial charge in [-0.25, -0.2) is 4.39 Å². The molecule has 1 N–H and O–H groups in total. The molecule has 1 aliphatic carbocycles. The van der Waals surface area contributed by atoms with Crippen molar-refractivity contribution in [1.29, 1.82) is 0 Å². The Morgan fingerprint density at radius 2 is 1.76 bits per heavy atom. The van der Waals surface area contributed by atoms with Crippen LogP contribution in [0.3, 0.4) is 0 Å². The quantitative estimate of drug-likeness (QED) is 0.758. The molecule has 154 valence electrons. The van der Waals surface area contributed by atoms with Crippen molar-refractivity contribution in [3.05, 3.63) is 59.4 Å². The van der Waals surface area contributed by atoms with Gasteiger partial charge in [0, 0.05) is 49.5 Å². The summed E-state index contributed by atoms with van der Waals surface area (Å²) in [4.78, 5) is 28.9.